The SMILES string of the molecule is C.CC(=O)OCC(C)(C)SSc1ccc([N+](=O)[O-])cn1.CC(=O)OCC1(SSc2ccc([N+](=O)[O-])cn2)CC1.CC(=O)OCC1(SSc2ccc([N+](=O)[O-])cn2)CCC1.CC(=O)OCC1(SSc2ccc([N+](=O)[O-])cn2)CCCC1.CC(=O)OCC1(SSc2ccc([N+](=O)[O-])cn2)CCCCC1.CC(=O)OCC1(SSc2ccc([N+](=O)[O-])cn2)CCOCC1.CC(=O)OCCSSc1ccc([N+](=O)[O-])cn1. The Labute approximate surface area is 866 Å². The van der Waals surface area contributed by atoms with Gasteiger partial charge in [0, 0.05) is 110 Å². The average molecular weight is 2220 g/mol. The average Bonchev–Trinajstić information content (AvgIpc) is 1.74. The van der Waals surface area contributed by atoms with Gasteiger partial charge in [0.1, 0.15) is 125 Å². The highest BCUT2D eigenvalue weighted by molar-refractivity contribution is 8.79. The molecule has 0 bridgehead atoms. The van der Waals surface area contributed by atoms with Crippen LogP contribution in [0.25, 0.3) is 0 Å². The maximum Gasteiger partial charge on any atom is 0.302 e. The smallest absolute Gasteiger partial charge is 0.302 e. The number of hydrogen-bond acceptors (Lipinski definition) is 50. The fourth-order valence-electron chi connectivity index (χ4n) is 11.2. The van der Waals surface area contributed by atoms with Crippen molar-refractivity contribution >= 4 is 233 Å². The molecule has 57 heteroatoms. The molecule has 1 aliphatic heterocycles. The molecule has 0 amide bonds. The number of rotatable bonds is 42. The zero-order valence-electron chi connectivity index (χ0n) is 76.8. The van der Waals surface area contributed by atoms with Crippen LogP contribution < -0.4 is 0 Å². The van der Waals surface area contributed by atoms with Gasteiger partial charge in [0.25, 0.3) is 39.8 Å². The van der Waals surface area contributed by atoms with Gasteiger partial charge in [-0.1, -0.05) is 122 Å². The molecule has 768 valence electrons. The van der Waals surface area contributed by atoms with Crippen LogP contribution in [0.1, 0.15) is 172 Å². The van der Waals surface area contributed by atoms with Crippen molar-refractivity contribution in [1.29, 1.82) is 0 Å². The summed E-state index contributed by atoms with van der Waals surface area (Å²) >= 11 is 0. The van der Waals surface area contributed by atoms with Crippen LogP contribution in [-0.4, -0.2) is 205 Å². The summed E-state index contributed by atoms with van der Waals surface area (Å²) in [5.74, 6) is -1.34. The van der Waals surface area contributed by atoms with Gasteiger partial charge in [-0.05, 0) is 196 Å². The Bertz CT molecular complexity index is 5050. The molecular formula is C84H104N14O29S14. The predicted molar refractivity (Wildman–Crippen MR) is 551 cm³/mol. The van der Waals surface area contributed by atoms with Crippen molar-refractivity contribution in [2.24, 2.45) is 0 Å². The zero-order chi connectivity index (χ0) is 103. The lowest BCUT2D eigenvalue weighted by atomic mass is 9.85. The van der Waals surface area contributed by atoms with E-state index in [2.05, 4.69) is 34.9 Å². The highest BCUT2D eigenvalue weighted by Gasteiger charge is 2.46. The molecule has 7 aromatic heterocycles. The number of carbonyl (C=O) groups is 7. The van der Waals surface area contributed by atoms with E-state index in [1.165, 1.54) is 238 Å². The van der Waals surface area contributed by atoms with Gasteiger partial charge < -0.3 is 37.9 Å². The van der Waals surface area contributed by atoms with E-state index in [-0.39, 0.29) is 118 Å². The van der Waals surface area contributed by atoms with Gasteiger partial charge in [-0.3, -0.25) is 104 Å². The van der Waals surface area contributed by atoms with Crippen LogP contribution in [0, 0.1) is 70.8 Å². The Morgan fingerprint density at radius 1 is 0.305 bits per heavy atom. The molecule has 43 nitrogen and oxygen atoms in total. The van der Waals surface area contributed by atoms with Crippen LogP contribution in [0.2, 0.25) is 0 Å². The van der Waals surface area contributed by atoms with E-state index in [9.17, 15) is 104 Å². The molecule has 8 heterocycles. The Balaban J connectivity index is 0.000000290. The molecule has 7 aromatic rings. The van der Waals surface area contributed by atoms with E-state index in [1.807, 2.05) is 13.8 Å². The van der Waals surface area contributed by atoms with Crippen LogP contribution in [-0.2, 0) is 71.5 Å². The standard InChI is InChI=1S/C14H18N2O4S2.C13H16N2O5S2.C13H16N2O4S2.C12H14N2O4S2.C11H12N2O4S2.C11H14N2O4S2.C9H10N2O4S2.CH4/c1-11(17)20-10-14(7-3-2-4-8-14)22-21-13-6-5-12(9-15-13)16(18)19;1-10(16)20-9-13(4-6-19-7-5-13)22-21-12-3-2-11(8-14-12)15(17)18;1-10(16)19-9-13(6-2-3-7-13)21-20-12-5-4-11(8-14-12)15(17)18;1-9(15)18-8-12(5-2-6-12)20-19-11-4-3-10(7-13-11)14(16)17;1-8(14)17-7-11(4-5-11)19-18-10-3-2-9(6-12-10)13(15)16;1-8(14)17-7-11(2,3)19-18-10-5-4-9(6-12-10)13(15)16;1-7(12)15-4-5-16-17-9-3-2-8(6-10-9)11(13)14;/h5-6,9H,2-4,7-8,10H2,1H3;2-3,8H,4-7,9H2,1H3;4-5,8H,2-3,6-7,9H2,1H3;3-4,7H,2,5-6,8H2,1H3;2-3,6H,4-5,7H2,1H3;4-6H,7H2,1-3H3;2-3,6H,4-5H2,1H3;1H4. The summed E-state index contributed by atoms with van der Waals surface area (Å²) in [6.45, 7) is 17.5. The van der Waals surface area contributed by atoms with Crippen molar-refractivity contribution in [1.82, 2.24) is 34.9 Å². The first-order valence-corrected chi connectivity index (χ1v) is 57.3. The first-order chi connectivity index (χ1) is 66.4. The van der Waals surface area contributed by atoms with Gasteiger partial charge in [0.05, 0.1) is 62.9 Å². The largest absolute Gasteiger partial charge is 0.465 e. The van der Waals surface area contributed by atoms with Crippen molar-refractivity contribution in [2.45, 2.75) is 236 Å². The summed E-state index contributed by atoms with van der Waals surface area (Å²) in [6.07, 6.45) is 25.2. The number of esters is 7. The van der Waals surface area contributed by atoms with Crippen LogP contribution >= 0.6 is 151 Å². The molecule has 0 unspecified atom stereocenters. The van der Waals surface area contributed by atoms with Crippen LogP contribution in [0.3, 0.4) is 0 Å². The maximum atomic E-state index is 11.1. The first kappa shape index (κ1) is 122. The molecule has 12 rings (SSSR count). The molecule has 141 heavy (non-hydrogen) atoms. The summed E-state index contributed by atoms with van der Waals surface area (Å²) in [4.78, 5) is 175. The second-order valence-electron chi connectivity index (χ2n) is 31.1. The zero-order valence-corrected chi connectivity index (χ0v) is 88.3. The molecular weight excluding hydrogens is 2120 g/mol. The van der Waals surface area contributed by atoms with E-state index >= 15 is 0 Å². The van der Waals surface area contributed by atoms with E-state index < -0.39 is 34.5 Å². The van der Waals surface area contributed by atoms with Crippen molar-refractivity contribution in [3.05, 3.63) is 199 Å². The van der Waals surface area contributed by atoms with E-state index in [0.29, 0.717) is 85.3 Å². The second kappa shape index (κ2) is 63.3. The van der Waals surface area contributed by atoms with Crippen LogP contribution in [0.15, 0.2) is 163 Å². The van der Waals surface area contributed by atoms with E-state index in [0.717, 1.165) is 111 Å². The van der Waals surface area contributed by atoms with Gasteiger partial charge in [-0.2, -0.15) is 0 Å². The Hall–Kier alpha value is -9.00. The molecule has 4 saturated carbocycles. The van der Waals surface area contributed by atoms with Crippen LogP contribution in [0.4, 0.5) is 39.8 Å². The third-order valence-electron chi connectivity index (χ3n) is 19.1. The van der Waals surface area contributed by atoms with E-state index in [4.69, 9.17) is 37.9 Å². The summed E-state index contributed by atoms with van der Waals surface area (Å²) < 4.78 is 40.1. The third kappa shape index (κ3) is 49.0. The minimum Gasteiger partial charge on any atom is -0.465 e. The Morgan fingerprint density at radius 3 is 0.738 bits per heavy atom. The summed E-state index contributed by atoms with van der Waals surface area (Å²) in [5.41, 5.74) is -0.155. The van der Waals surface area contributed by atoms with Crippen LogP contribution in [0.5, 0.6) is 0 Å². The number of ether oxygens (including phenoxy) is 8. The highest BCUT2D eigenvalue weighted by Crippen LogP contribution is 2.57. The van der Waals surface area contributed by atoms with Crippen molar-refractivity contribution in [2.75, 3.05) is 65.2 Å². The monoisotopic (exact) mass is 2220 g/mol. The Morgan fingerprint density at radius 2 is 0.525 bits per heavy atom. The van der Waals surface area contributed by atoms with Crippen molar-refractivity contribution in [3.63, 3.8) is 0 Å². The lowest BCUT2D eigenvalue weighted by molar-refractivity contribution is -0.385. The minimum absolute atomic E-state index is 0. The molecule has 0 spiro atoms. The van der Waals surface area contributed by atoms with E-state index in [1.54, 1.807) is 96.4 Å². The number of carbonyl (C=O) groups excluding carboxylic acids is 7. The van der Waals surface area contributed by atoms with Gasteiger partial charge in [0.15, 0.2) is 0 Å². The van der Waals surface area contributed by atoms with Gasteiger partial charge in [-0.15, -0.1) is 0 Å². The summed E-state index contributed by atoms with van der Waals surface area (Å²) in [5, 5.41) is 78.6. The predicted octanol–water partition coefficient (Wildman–Crippen LogP) is 22.5. The Kier molecular flexibility index (Phi) is 55.0. The topological polar surface area (TPSA) is 586 Å². The fraction of sp³-hybridized carbons (Fsp3) is 0.500. The number of nitrogens with zero attached hydrogens (tertiary/aromatic N) is 14. The molecule has 0 radical (unpaired) electrons. The normalized spacial score (nSPS) is 14.9. The minimum atomic E-state index is -0.491. The fourth-order valence-corrected chi connectivity index (χ4v) is 28.5. The lowest BCUT2D eigenvalue weighted by Crippen LogP contribution is -2.38. The maximum absolute atomic E-state index is 11.1. The van der Waals surface area contributed by atoms with Crippen molar-refractivity contribution < 1.29 is 106 Å². The number of hydrogen-bond donors (Lipinski definition) is 0. The molecule has 4 aliphatic carbocycles. The first-order valence-electron chi connectivity index (χ1n) is 42.1. The molecule has 5 aliphatic rings. The molecule has 0 aromatic carbocycles. The summed E-state index contributed by atoms with van der Waals surface area (Å²) in [6, 6.07) is 21.4. The molecule has 1 saturated heterocycles. The summed E-state index contributed by atoms with van der Waals surface area (Å²) in [7, 11) is 21.2. The number of pyridine rings is 7. The highest BCUT2D eigenvalue weighted by atomic mass is 33.1. The third-order valence-corrected chi connectivity index (χ3v) is 40.5. The molecule has 5 fully saturated rings. The second-order valence-corrected chi connectivity index (χ2v) is 49.5. The number of nitro groups is 7. The van der Waals surface area contributed by atoms with Gasteiger partial charge >= 0.3 is 41.8 Å². The van der Waals surface area contributed by atoms with Gasteiger partial charge in [0.2, 0.25) is 0 Å². The molecule has 0 N–H and O–H groups in total. The molecule has 0 atom stereocenters. The quantitative estimate of drug-likeness (QED) is 0.00856. The van der Waals surface area contributed by atoms with Gasteiger partial charge in [-0.25, -0.2) is 34.9 Å². The van der Waals surface area contributed by atoms with Crippen molar-refractivity contribution in [3.8, 4) is 0 Å². The lowest BCUT2D eigenvalue weighted by Gasteiger charge is -2.39. The number of aromatic nitrogens is 7.